The number of piperidine rings is 1. The van der Waals surface area contributed by atoms with Crippen molar-refractivity contribution >= 4 is 12.4 Å². The lowest BCUT2D eigenvalue weighted by Gasteiger charge is -2.29. The summed E-state index contributed by atoms with van der Waals surface area (Å²) in [5.41, 5.74) is 0. The largest absolute Gasteiger partial charge is 0.393 e. The lowest BCUT2D eigenvalue weighted by atomic mass is 9.91. The summed E-state index contributed by atoms with van der Waals surface area (Å²) in [4.78, 5) is 0. The molecular formula is C7H13ClF3N. The number of nitrogens with one attached hydrogen (secondary N) is 1. The summed E-state index contributed by atoms with van der Waals surface area (Å²) in [7, 11) is 0. The van der Waals surface area contributed by atoms with E-state index >= 15 is 0 Å². The number of alkyl halides is 3. The first-order valence-corrected chi connectivity index (χ1v) is 3.77. The van der Waals surface area contributed by atoms with Gasteiger partial charge in [-0.25, -0.2) is 0 Å². The van der Waals surface area contributed by atoms with Gasteiger partial charge in [0.2, 0.25) is 0 Å². The van der Waals surface area contributed by atoms with Crippen LogP contribution in [0.3, 0.4) is 0 Å². The Kier molecular flexibility index (Phi) is 4.34. The lowest BCUT2D eigenvalue weighted by Crippen LogP contribution is -2.41. The summed E-state index contributed by atoms with van der Waals surface area (Å²) in [5, 5.41) is 2.77. The maximum atomic E-state index is 12.1. The van der Waals surface area contributed by atoms with Crippen molar-refractivity contribution < 1.29 is 13.2 Å². The van der Waals surface area contributed by atoms with E-state index in [2.05, 4.69) is 5.32 Å². The molecule has 0 saturated carbocycles. The Balaban J connectivity index is 0.00000121. The Morgan fingerprint density at radius 3 is 2.17 bits per heavy atom. The zero-order chi connectivity index (χ0) is 8.48. The van der Waals surface area contributed by atoms with Crippen LogP contribution in [0.2, 0.25) is 0 Å². The maximum absolute atomic E-state index is 12.1. The molecule has 74 valence electrons. The highest BCUT2D eigenvalue weighted by Crippen LogP contribution is 2.32. The summed E-state index contributed by atoms with van der Waals surface area (Å²) in [6, 6.07) is 0. The predicted molar refractivity (Wildman–Crippen MR) is 43.4 cm³/mol. The molecule has 1 fully saturated rings. The van der Waals surface area contributed by atoms with Crippen LogP contribution < -0.4 is 5.32 Å². The minimum absolute atomic E-state index is 0. The van der Waals surface area contributed by atoms with Crippen molar-refractivity contribution in [3.8, 4) is 0 Å². The van der Waals surface area contributed by atoms with Crippen LogP contribution in [0.5, 0.6) is 0 Å². The molecule has 0 aliphatic carbocycles. The van der Waals surface area contributed by atoms with Gasteiger partial charge in [-0.2, -0.15) is 13.2 Å². The summed E-state index contributed by atoms with van der Waals surface area (Å²) < 4.78 is 36.2. The van der Waals surface area contributed by atoms with E-state index in [0.29, 0.717) is 6.54 Å². The van der Waals surface area contributed by atoms with Gasteiger partial charge in [0, 0.05) is 6.54 Å². The molecule has 1 rings (SSSR count). The highest BCUT2D eigenvalue weighted by Gasteiger charge is 2.41. The Hall–Kier alpha value is 0.0400. The van der Waals surface area contributed by atoms with Gasteiger partial charge >= 0.3 is 6.18 Å². The third-order valence-corrected chi connectivity index (χ3v) is 2.03. The predicted octanol–water partition coefficient (Wildman–Crippen LogP) is 2.22. The molecule has 12 heavy (non-hydrogen) atoms. The second-order valence-electron chi connectivity index (χ2n) is 3.24. The Morgan fingerprint density at radius 1 is 1.25 bits per heavy atom. The zero-order valence-electron chi connectivity index (χ0n) is 6.82. The molecule has 2 unspecified atom stereocenters. The number of rotatable bonds is 0. The van der Waals surface area contributed by atoms with Crippen molar-refractivity contribution in [3.63, 3.8) is 0 Å². The van der Waals surface area contributed by atoms with Crippen molar-refractivity contribution in [2.24, 2.45) is 11.8 Å². The van der Waals surface area contributed by atoms with Crippen LogP contribution in [0.4, 0.5) is 13.2 Å². The van der Waals surface area contributed by atoms with Gasteiger partial charge in [0.1, 0.15) is 0 Å². The molecule has 0 spiro atoms. The number of halogens is 4. The zero-order valence-corrected chi connectivity index (χ0v) is 7.63. The molecule has 1 N–H and O–H groups in total. The summed E-state index contributed by atoms with van der Waals surface area (Å²) in [6.45, 7) is 2.64. The van der Waals surface area contributed by atoms with E-state index in [1.54, 1.807) is 0 Å². The number of hydrogen-bond donors (Lipinski definition) is 1. The van der Waals surface area contributed by atoms with Crippen LogP contribution in [0.25, 0.3) is 0 Å². The molecule has 1 aliphatic rings. The highest BCUT2D eigenvalue weighted by atomic mass is 35.5. The van der Waals surface area contributed by atoms with E-state index in [1.807, 2.05) is 6.92 Å². The van der Waals surface area contributed by atoms with Gasteiger partial charge in [0.05, 0.1) is 5.92 Å². The molecular weight excluding hydrogens is 191 g/mol. The molecule has 1 nitrogen and oxygen atoms in total. The summed E-state index contributed by atoms with van der Waals surface area (Å²) in [5.74, 6) is -0.985. The lowest BCUT2D eigenvalue weighted by molar-refractivity contribution is -0.181. The van der Waals surface area contributed by atoms with E-state index in [9.17, 15) is 13.2 Å². The fourth-order valence-electron chi connectivity index (χ4n) is 1.41. The third kappa shape index (κ3) is 3.19. The molecule has 0 amide bonds. The monoisotopic (exact) mass is 203 g/mol. The van der Waals surface area contributed by atoms with Gasteiger partial charge in [-0.3, -0.25) is 0 Å². The first-order chi connectivity index (χ1) is 5.00. The minimum Gasteiger partial charge on any atom is -0.316 e. The molecule has 0 aromatic heterocycles. The van der Waals surface area contributed by atoms with Crippen molar-refractivity contribution in [1.82, 2.24) is 5.32 Å². The average Bonchev–Trinajstić information content (AvgIpc) is 1.86. The molecule has 1 aliphatic heterocycles. The molecule has 5 heteroatoms. The van der Waals surface area contributed by atoms with E-state index in [-0.39, 0.29) is 31.3 Å². The van der Waals surface area contributed by atoms with Crippen molar-refractivity contribution in [2.75, 3.05) is 13.1 Å². The topological polar surface area (TPSA) is 12.0 Å². The SMILES string of the molecule is CC1CNCC(C(F)(F)F)C1.Cl. The second kappa shape index (κ2) is 4.33. The second-order valence-corrected chi connectivity index (χ2v) is 3.24. The van der Waals surface area contributed by atoms with Crippen LogP contribution >= 0.6 is 12.4 Å². The Morgan fingerprint density at radius 2 is 1.83 bits per heavy atom. The van der Waals surface area contributed by atoms with Gasteiger partial charge in [-0.1, -0.05) is 6.92 Å². The standard InChI is InChI=1S/C7H12F3N.ClH/c1-5-2-6(4-11-3-5)7(8,9)10;/h5-6,11H,2-4H2,1H3;1H. The molecule has 1 saturated heterocycles. The van der Waals surface area contributed by atoms with Gasteiger partial charge < -0.3 is 5.32 Å². The Labute approximate surface area is 76.1 Å². The molecule has 0 radical (unpaired) electrons. The summed E-state index contributed by atoms with van der Waals surface area (Å²) in [6.07, 6.45) is -3.74. The third-order valence-electron chi connectivity index (χ3n) is 2.03. The summed E-state index contributed by atoms with van der Waals surface area (Å²) >= 11 is 0. The van der Waals surface area contributed by atoms with E-state index in [1.165, 1.54) is 0 Å². The fourth-order valence-corrected chi connectivity index (χ4v) is 1.41. The van der Waals surface area contributed by atoms with Gasteiger partial charge in [0.25, 0.3) is 0 Å². The molecule has 1 heterocycles. The maximum Gasteiger partial charge on any atom is 0.393 e. The fraction of sp³-hybridized carbons (Fsp3) is 1.00. The average molecular weight is 204 g/mol. The van der Waals surface area contributed by atoms with E-state index in [0.717, 1.165) is 0 Å². The normalized spacial score (nSPS) is 31.0. The van der Waals surface area contributed by atoms with Crippen LogP contribution in [0, 0.1) is 11.8 Å². The van der Waals surface area contributed by atoms with Crippen molar-refractivity contribution in [1.29, 1.82) is 0 Å². The van der Waals surface area contributed by atoms with Gasteiger partial charge in [-0.05, 0) is 18.9 Å². The molecule has 0 aromatic rings. The van der Waals surface area contributed by atoms with Crippen LogP contribution in [0.15, 0.2) is 0 Å². The van der Waals surface area contributed by atoms with Crippen LogP contribution in [0.1, 0.15) is 13.3 Å². The van der Waals surface area contributed by atoms with Crippen LogP contribution in [-0.2, 0) is 0 Å². The first kappa shape index (κ1) is 12.0. The Bertz CT molecular complexity index is 137. The first-order valence-electron chi connectivity index (χ1n) is 3.77. The highest BCUT2D eigenvalue weighted by molar-refractivity contribution is 5.85. The van der Waals surface area contributed by atoms with E-state index in [4.69, 9.17) is 0 Å². The quantitative estimate of drug-likeness (QED) is 0.637. The van der Waals surface area contributed by atoms with Gasteiger partial charge in [0.15, 0.2) is 0 Å². The number of hydrogen-bond acceptors (Lipinski definition) is 1. The van der Waals surface area contributed by atoms with Crippen molar-refractivity contribution in [2.45, 2.75) is 19.5 Å². The van der Waals surface area contributed by atoms with Crippen LogP contribution in [-0.4, -0.2) is 19.3 Å². The molecule has 2 atom stereocenters. The van der Waals surface area contributed by atoms with E-state index < -0.39 is 12.1 Å². The van der Waals surface area contributed by atoms with Crippen molar-refractivity contribution in [3.05, 3.63) is 0 Å². The van der Waals surface area contributed by atoms with Gasteiger partial charge in [-0.15, -0.1) is 12.4 Å². The minimum atomic E-state index is -4.01. The smallest absolute Gasteiger partial charge is 0.316 e. The molecule has 0 aromatic carbocycles. The molecule has 0 bridgehead atoms.